The summed E-state index contributed by atoms with van der Waals surface area (Å²) in [5.74, 6) is -0.0293. The second-order valence-electron chi connectivity index (χ2n) is 8.50. The highest BCUT2D eigenvalue weighted by Crippen LogP contribution is 2.35. The number of methoxy groups -OCH3 is 1. The quantitative estimate of drug-likeness (QED) is 0.544. The highest BCUT2D eigenvalue weighted by atomic mass is 19.1. The van der Waals surface area contributed by atoms with Gasteiger partial charge < -0.3 is 29.1 Å². The minimum Gasteiger partial charge on any atom is -0.496 e. The molecule has 34 heavy (non-hydrogen) atoms. The standard InChI is InChI=1S/C25H30FN3O5/c1-5-29(16-6-8-33-9-7-16)19-12-21-17(11-22(26)34-21)23(15(19)3)25(31)27-13-18-20(32-4)10-14(2)28-24(18)30/h10-12,16H,5-9,13H2,1-4H3,(H,27,31)(H,28,30). The van der Waals surface area contributed by atoms with Crippen LogP contribution in [0.5, 0.6) is 5.75 Å². The summed E-state index contributed by atoms with van der Waals surface area (Å²) in [7, 11) is 1.47. The molecule has 1 aromatic carbocycles. The molecular formula is C25H30FN3O5. The summed E-state index contributed by atoms with van der Waals surface area (Å²) >= 11 is 0. The van der Waals surface area contributed by atoms with Gasteiger partial charge in [-0.25, -0.2) is 0 Å². The lowest BCUT2D eigenvalue weighted by molar-refractivity contribution is 0.0846. The molecule has 3 aromatic rings. The second kappa shape index (κ2) is 9.89. The number of nitrogens with zero attached hydrogens (tertiary/aromatic N) is 1. The molecule has 182 valence electrons. The van der Waals surface area contributed by atoms with Gasteiger partial charge in [0.1, 0.15) is 11.3 Å². The fourth-order valence-electron chi connectivity index (χ4n) is 4.74. The zero-order valence-electron chi connectivity index (χ0n) is 19.9. The van der Waals surface area contributed by atoms with Crippen LogP contribution >= 0.6 is 0 Å². The average molecular weight is 472 g/mol. The van der Waals surface area contributed by atoms with Gasteiger partial charge in [-0.1, -0.05) is 0 Å². The van der Waals surface area contributed by atoms with Crippen molar-refractivity contribution < 1.29 is 23.1 Å². The van der Waals surface area contributed by atoms with E-state index in [1.165, 1.54) is 13.2 Å². The van der Waals surface area contributed by atoms with Crippen molar-refractivity contribution in [2.75, 3.05) is 31.8 Å². The molecule has 9 heteroatoms. The number of anilines is 1. The maximum Gasteiger partial charge on any atom is 0.278 e. The third-order valence-corrected chi connectivity index (χ3v) is 6.41. The molecule has 1 aliphatic heterocycles. The molecule has 0 unspecified atom stereocenters. The number of benzene rings is 1. The van der Waals surface area contributed by atoms with Crippen LogP contribution in [0.15, 0.2) is 27.4 Å². The number of ether oxygens (including phenoxy) is 2. The number of fused-ring (bicyclic) bond motifs is 1. The number of aromatic nitrogens is 1. The maximum atomic E-state index is 14.1. The third-order valence-electron chi connectivity index (χ3n) is 6.41. The number of halogens is 1. The van der Waals surface area contributed by atoms with E-state index < -0.39 is 11.9 Å². The van der Waals surface area contributed by atoms with Crippen LogP contribution in [0.4, 0.5) is 10.1 Å². The number of aromatic amines is 1. The normalized spacial score (nSPS) is 14.4. The van der Waals surface area contributed by atoms with Crippen molar-refractivity contribution in [3.63, 3.8) is 0 Å². The van der Waals surface area contributed by atoms with Crippen molar-refractivity contribution in [1.82, 2.24) is 10.3 Å². The van der Waals surface area contributed by atoms with Crippen molar-refractivity contribution in [2.24, 2.45) is 0 Å². The molecule has 2 N–H and O–H groups in total. The van der Waals surface area contributed by atoms with Crippen LogP contribution in [0.1, 0.15) is 46.9 Å². The SMILES string of the molecule is CCN(c1cc2oc(F)cc2c(C(=O)NCc2c(OC)cc(C)[nH]c2=O)c1C)C1CCOCC1. The highest BCUT2D eigenvalue weighted by Gasteiger charge is 2.27. The van der Waals surface area contributed by atoms with Gasteiger partial charge in [-0.15, -0.1) is 0 Å². The average Bonchev–Trinajstić information content (AvgIpc) is 3.18. The number of amides is 1. The lowest BCUT2D eigenvalue weighted by atomic mass is 9.98. The predicted octanol–water partition coefficient (Wildman–Crippen LogP) is 3.82. The van der Waals surface area contributed by atoms with Crippen LogP contribution < -0.4 is 20.5 Å². The van der Waals surface area contributed by atoms with Crippen molar-refractivity contribution in [2.45, 2.75) is 46.2 Å². The number of H-pyrrole nitrogens is 1. The highest BCUT2D eigenvalue weighted by molar-refractivity contribution is 6.09. The fourth-order valence-corrected chi connectivity index (χ4v) is 4.74. The van der Waals surface area contributed by atoms with Crippen molar-refractivity contribution >= 4 is 22.6 Å². The van der Waals surface area contributed by atoms with E-state index in [2.05, 4.69) is 22.1 Å². The number of carbonyl (C=O) groups excluding carboxylic acids is 1. The first kappa shape index (κ1) is 23.8. The van der Waals surface area contributed by atoms with Gasteiger partial charge in [0.25, 0.3) is 17.5 Å². The van der Waals surface area contributed by atoms with E-state index in [1.54, 1.807) is 19.1 Å². The monoisotopic (exact) mass is 471 g/mol. The van der Waals surface area contributed by atoms with E-state index in [-0.39, 0.29) is 18.1 Å². The van der Waals surface area contributed by atoms with E-state index in [4.69, 9.17) is 13.9 Å². The molecule has 1 fully saturated rings. The molecule has 8 nitrogen and oxygen atoms in total. The van der Waals surface area contributed by atoms with Gasteiger partial charge in [0.05, 0.1) is 24.8 Å². The summed E-state index contributed by atoms with van der Waals surface area (Å²) in [6.45, 7) is 7.70. The Bertz CT molecular complexity index is 1260. The molecule has 0 spiro atoms. The van der Waals surface area contributed by atoms with E-state index in [0.717, 1.165) is 30.6 Å². The van der Waals surface area contributed by atoms with Gasteiger partial charge >= 0.3 is 0 Å². The molecule has 1 amide bonds. The Morgan fingerprint density at radius 2 is 2.00 bits per heavy atom. The Kier molecular flexibility index (Phi) is 6.92. The lowest BCUT2D eigenvalue weighted by Gasteiger charge is -2.36. The van der Waals surface area contributed by atoms with Crippen LogP contribution in [-0.2, 0) is 11.3 Å². The number of pyridine rings is 1. The molecule has 4 rings (SSSR count). The van der Waals surface area contributed by atoms with Crippen molar-refractivity contribution in [1.29, 1.82) is 0 Å². The first-order valence-electron chi connectivity index (χ1n) is 11.5. The van der Waals surface area contributed by atoms with E-state index >= 15 is 0 Å². The molecule has 1 aliphatic rings. The molecule has 3 heterocycles. The molecular weight excluding hydrogens is 441 g/mol. The molecule has 2 aromatic heterocycles. The number of hydrogen-bond donors (Lipinski definition) is 2. The summed E-state index contributed by atoms with van der Waals surface area (Å²) in [5.41, 5.74) is 2.81. The van der Waals surface area contributed by atoms with Crippen LogP contribution in [0.2, 0.25) is 0 Å². The number of aryl methyl sites for hydroxylation is 1. The Hall–Kier alpha value is -3.33. The zero-order valence-corrected chi connectivity index (χ0v) is 19.9. The maximum absolute atomic E-state index is 14.1. The molecule has 0 saturated carbocycles. The van der Waals surface area contributed by atoms with E-state index in [9.17, 15) is 14.0 Å². The fraction of sp³-hybridized carbons (Fsp3) is 0.440. The van der Waals surface area contributed by atoms with Gasteiger partial charge in [-0.05, 0) is 45.2 Å². The van der Waals surface area contributed by atoms with Crippen molar-refractivity contribution in [3.05, 3.63) is 57.0 Å². The summed E-state index contributed by atoms with van der Waals surface area (Å²) in [4.78, 5) is 30.8. The molecule has 1 saturated heterocycles. The summed E-state index contributed by atoms with van der Waals surface area (Å²) in [6, 6.07) is 4.22. The van der Waals surface area contributed by atoms with E-state index in [0.29, 0.717) is 46.8 Å². The number of nitrogens with one attached hydrogen (secondary N) is 2. The first-order chi connectivity index (χ1) is 16.3. The van der Waals surface area contributed by atoms with Crippen LogP contribution in [0.3, 0.4) is 0 Å². The number of rotatable bonds is 7. The minimum atomic E-state index is -0.758. The lowest BCUT2D eigenvalue weighted by Crippen LogP contribution is -2.40. The van der Waals surface area contributed by atoms with Crippen LogP contribution in [0.25, 0.3) is 11.0 Å². The smallest absolute Gasteiger partial charge is 0.278 e. The summed E-state index contributed by atoms with van der Waals surface area (Å²) < 4.78 is 30.2. The van der Waals surface area contributed by atoms with Crippen LogP contribution in [-0.4, -0.2) is 43.8 Å². The minimum absolute atomic E-state index is 0.0411. The summed E-state index contributed by atoms with van der Waals surface area (Å²) in [5, 5.41) is 3.21. The van der Waals surface area contributed by atoms with E-state index in [1.807, 2.05) is 6.92 Å². The molecule has 0 atom stereocenters. The Morgan fingerprint density at radius 3 is 2.68 bits per heavy atom. The van der Waals surface area contributed by atoms with Gasteiger partial charge in [0, 0.05) is 54.7 Å². The zero-order chi connectivity index (χ0) is 24.4. The van der Waals surface area contributed by atoms with Gasteiger partial charge in [0.15, 0.2) is 0 Å². The second-order valence-corrected chi connectivity index (χ2v) is 8.50. The Balaban J connectivity index is 1.72. The summed E-state index contributed by atoms with van der Waals surface area (Å²) in [6.07, 6.45) is 1.74. The predicted molar refractivity (Wildman–Crippen MR) is 127 cm³/mol. The first-order valence-corrected chi connectivity index (χ1v) is 11.5. The third kappa shape index (κ3) is 4.52. The Labute approximate surface area is 197 Å². The van der Waals surface area contributed by atoms with Gasteiger partial charge in [0.2, 0.25) is 0 Å². The Morgan fingerprint density at radius 1 is 1.26 bits per heavy atom. The number of furan rings is 1. The topological polar surface area (TPSA) is 96.8 Å². The number of carbonyl (C=O) groups is 1. The largest absolute Gasteiger partial charge is 0.496 e. The molecule has 0 aliphatic carbocycles. The van der Waals surface area contributed by atoms with Crippen molar-refractivity contribution in [3.8, 4) is 5.75 Å². The van der Waals surface area contributed by atoms with Crippen LogP contribution in [0, 0.1) is 19.9 Å². The molecule has 0 bridgehead atoms. The van der Waals surface area contributed by atoms with Gasteiger partial charge in [-0.3, -0.25) is 9.59 Å². The van der Waals surface area contributed by atoms with Gasteiger partial charge in [-0.2, -0.15) is 4.39 Å². The molecule has 0 radical (unpaired) electrons. The number of hydrogen-bond acceptors (Lipinski definition) is 6.